The largest absolute Gasteiger partial charge is 0.383 e. The number of guanidine groups is 1. The average molecular weight is 400 g/mol. The minimum absolute atomic E-state index is 0. The van der Waals surface area contributed by atoms with Gasteiger partial charge in [0.15, 0.2) is 5.96 Å². The lowest BCUT2D eigenvalue weighted by Crippen LogP contribution is -2.40. The van der Waals surface area contributed by atoms with Crippen molar-refractivity contribution in [2.24, 2.45) is 10.9 Å². The van der Waals surface area contributed by atoms with Crippen molar-refractivity contribution in [3.63, 3.8) is 0 Å². The van der Waals surface area contributed by atoms with E-state index in [0.717, 1.165) is 13.0 Å². The van der Waals surface area contributed by atoms with E-state index in [1.165, 1.54) is 4.90 Å². The Balaban J connectivity index is 0. The van der Waals surface area contributed by atoms with Gasteiger partial charge in [0.2, 0.25) is 5.91 Å². The normalized spacial score (nSPS) is 11.0. The lowest BCUT2D eigenvalue weighted by atomic mass is 10.1. The number of methoxy groups -OCH3 is 1. The molecule has 0 saturated heterocycles. The molecule has 2 N–H and O–H groups in total. The Hall–Kier alpha value is -0.570. The van der Waals surface area contributed by atoms with Crippen LogP contribution in [0.4, 0.5) is 0 Å². The quantitative estimate of drug-likeness (QED) is 0.275. The van der Waals surface area contributed by atoms with E-state index in [0.29, 0.717) is 25.0 Å². The van der Waals surface area contributed by atoms with Crippen LogP contribution in [-0.4, -0.2) is 64.2 Å². The van der Waals surface area contributed by atoms with E-state index < -0.39 is 0 Å². The molecule has 0 fully saturated rings. The minimum Gasteiger partial charge on any atom is -0.383 e. The van der Waals surface area contributed by atoms with Crippen molar-refractivity contribution in [3.05, 3.63) is 0 Å². The molecular formula is C13H29IN4O2. The van der Waals surface area contributed by atoms with E-state index in [1.54, 1.807) is 21.2 Å². The smallest absolute Gasteiger partial charge is 0.243 e. The number of hydrogen-bond acceptors (Lipinski definition) is 3. The number of halogens is 1. The molecule has 20 heavy (non-hydrogen) atoms. The van der Waals surface area contributed by atoms with Gasteiger partial charge in [0.25, 0.3) is 0 Å². The zero-order valence-corrected chi connectivity index (χ0v) is 15.6. The second kappa shape index (κ2) is 13.4. The van der Waals surface area contributed by atoms with Crippen molar-refractivity contribution in [2.75, 3.05) is 47.4 Å². The Labute approximate surface area is 139 Å². The zero-order chi connectivity index (χ0) is 14.7. The van der Waals surface area contributed by atoms with Gasteiger partial charge in [0, 0.05) is 34.3 Å². The highest BCUT2D eigenvalue weighted by atomic mass is 127. The molecule has 0 spiro atoms. The molecule has 0 radical (unpaired) electrons. The summed E-state index contributed by atoms with van der Waals surface area (Å²) < 4.78 is 4.98. The molecule has 6 nitrogen and oxygen atoms in total. The number of aliphatic imine (C=N–C) groups is 1. The number of likely N-dealkylation sites (N-methyl/N-ethyl adjacent to an activating group) is 1. The molecule has 0 aromatic heterocycles. The highest BCUT2D eigenvalue weighted by molar-refractivity contribution is 14.0. The number of carbonyl (C=O) groups excluding carboxylic acids is 1. The molecule has 0 aromatic carbocycles. The molecule has 0 heterocycles. The van der Waals surface area contributed by atoms with Gasteiger partial charge in [0.1, 0.15) is 6.54 Å². The second-order valence-corrected chi connectivity index (χ2v) is 4.98. The summed E-state index contributed by atoms with van der Waals surface area (Å²) in [6.07, 6.45) is 1.06. The molecule has 1 amide bonds. The fraction of sp³-hybridized carbons (Fsp3) is 0.846. The first kappa shape index (κ1) is 21.7. The molecule has 0 bridgehead atoms. The van der Waals surface area contributed by atoms with E-state index in [9.17, 15) is 4.79 Å². The van der Waals surface area contributed by atoms with Crippen LogP contribution in [0.5, 0.6) is 0 Å². The molecule has 7 heteroatoms. The summed E-state index contributed by atoms with van der Waals surface area (Å²) in [4.78, 5) is 17.3. The summed E-state index contributed by atoms with van der Waals surface area (Å²) in [6.45, 7) is 6.61. The molecule has 120 valence electrons. The van der Waals surface area contributed by atoms with Gasteiger partial charge in [-0.25, -0.2) is 4.99 Å². The van der Waals surface area contributed by atoms with Gasteiger partial charge in [-0.1, -0.05) is 13.8 Å². The summed E-state index contributed by atoms with van der Waals surface area (Å²) in [6, 6.07) is 0. The maximum absolute atomic E-state index is 11.5. The van der Waals surface area contributed by atoms with Gasteiger partial charge < -0.3 is 20.3 Å². The number of hydrogen-bond donors (Lipinski definition) is 2. The monoisotopic (exact) mass is 400 g/mol. The summed E-state index contributed by atoms with van der Waals surface area (Å²) in [5.41, 5.74) is 0. The van der Waals surface area contributed by atoms with Crippen LogP contribution in [0.1, 0.15) is 20.3 Å². The first-order valence-corrected chi connectivity index (χ1v) is 6.68. The Bertz CT molecular complexity index is 284. The van der Waals surface area contributed by atoms with Crippen molar-refractivity contribution >= 4 is 35.8 Å². The first-order chi connectivity index (χ1) is 8.97. The van der Waals surface area contributed by atoms with Crippen LogP contribution in [0.2, 0.25) is 0 Å². The van der Waals surface area contributed by atoms with Gasteiger partial charge in [-0.15, -0.1) is 24.0 Å². The topological polar surface area (TPSA) is 66.0 Å². The van der Waals surface area contributed by atoms with Gasteiger partial charge in [0.05, 0.1) is 6.61 Å². The average Bonchev–Trinajstić information content (AvgIpc) is 2.34. The van der Waals surface area contributed by atoms with E-state index in [4.69, 9.17) is 4.74 Å². The number of amides is 1. The third-order valence-corrected chi connectivity index (χ3v) is 2.48. The number of nitrogens with zero attached hydrogens (tertiary/aromatic N) is 2. The minimum atomic E-state index is -0.0169. The van der Waals surface area contributed by atoms with E-state index in [2.05, 4.69) is 29.5 Å². The van der Waals surface area contributed by atoms with E-state index in [-0.39, 0.29) is 36.4 Å². The highest BCUT2D eigenvalue weighted by Crippen LogP contribution is 1.96. The summed E-state index contributed by atoms with van der Waals surface area (Å²) in [5.74, 6) is 1.28. The summed E-state index contributed by atoms with van der Waals surface area (Å²) >= 11 is 0. The van der Waals surface area contributed by atoms with Crippen molar-refractivity contribution in [2.45, 2.75) is 20.3 Å². The molecule has 0 atom stereocenters. The first-order valence-electron chi connectivity index (χ1n) is 6.68. The lowest BCUT2D eigenvalue weighted by Gasteiger charge is -2.14. The van der Waals surface area contributed by atoms with Gasteiger partial charge in [-0.2, -0.15) is 0 Å². The Morgan fingerprint density at radius 1 is 1.25 bits per heavy atom. The van der Waals surface area contributed by atoms with Crippen LogP contribution < -0.4 is 10.6 Å². The standard InChI is InChI=1S/C13H28N4O2.HI/c1-11(2)6-7-14-13(15-8-9-19-5)16-10-12(18)17(3)4;/h11H,6-10H2,1-5H3,(H2,14,15,16);1H. The molecule has 0 rings (SSSR count). The fourth-order valence-electron chi connectivity index (χ4n) is 1.21. The zero-order valence-electron chi connectivity index (χ0n) is 13.2. The van der Waals surface area contributed by atoms with Gasteiger partial charge in [-0.05, 0) is 12.3 Å². The second-order valence-electron chi connectivity index (χ2n) is 4.98. The van der Waals surface area contributed by atoms with Crippen molar-refractivity contribution in [1.82, 2.24) is 15.5 Å². The molecule has 0 saturated carbocycles. The van der Waals surface area contributed by atoms with E-state index >= 15 is 0 Å². The van der Waals surface area contributed by atoms with Crippen LogP contribution >= 0.6 is 24.0 Å². The molecule has 0 aliphatic carbocycles. The third kappa shape index (κ3) is 12.5. The van der Waals surface area contributed by atoms with Crippen LogP contribution in [0.3, 0.4) is 0 Å². The molecule has 0 aliphatic heterocycles. The molecular weight excluding hydrogens is 371 g/mol. The highest BCUT2D eigenvalue weighted by Gasteiger charge is 2.04. The Morgan fingerprint density at radius 2 is 1.85 bits per heavy atom. The maximum Gasteiger partial charge on any atom is 0.243 e. The number of carbonyl (C=O) groups is 1. The number of rotatable bonds is 8. The Kier molecular flexibility index (Phi) is 14.6. The van der Waals surface area contributed by atoms with Gasteiger partial charge >= 0.3 is 0 Å². The third-order valence-electron chi connectivity index (χ3n) is 2.48. The van der Waals surface area contributed by atoms with Crippen molar-refractivity contribution in [1.29, 1.82) is 0 Å². The van der Waals surface area contributed by atoms with Crippen LogP contribution in [0.25, 0.3) is 0 Å². The number of nitrogens with one attached hydrogen (secondary N) is 2. The van der Waals surface area contributed by atoms with E-state index in [1.807, 2.05) is 0 Å². The number of ether oxygens (including phenoxy) is 1. The lowest BCUT2D eigenvalue weighted by molar-refractivity contribution is -0.127. The SMILES string of the molecule is COCCNC(=NCC(=O)N(C)C)NCCC(C)C.I. The van der Waals surface area contributed by atoms with Crippen LogP contribution in [-0.2, 0) is 9.53 Å². The molecule has 0 unspecified atom stereocenters. The molecule has 0 aromatic rings. The summed E-state index contributed by atoms with van der Waals surface area (Å²) in [5, 5.41) is 6.35. The Morgan fingerprint density at radius 3 is 2.35 bits per heavy atom. The summed E-state index contributed by atoms with van der Waals surface area (Å²) in [7, 11) is 5.10. The van der Waals surface area contributed by atoms with Crippen molar-refractivity contribution in [3.8, 4) is 0 Å². The maximum atomic E-state index is 11.5. The predicted molar refractivity (Wildman–Crippen MR) is 93.7 cm³/mol. The molecule has 0 aliphatic rings. The van der Waals surface area contributed by atoms with Gasteiger partial charge in [-0.3, -0.25) is 4.79 Å². The fourth-order valence-corrected chi connectivity index (χ4v) is 1.21. The van der Waals surface area contributed by atoms with Crippen molar-refractivity contribution < 1.29 is 9.53 Å². The predicted octanol–water partition coefficient (Wildman–Crippen LogP) is 0.920. The van der Waals surface area contributed by atoms with Crippen LogP contribution in [0.15, 0.2) is 4.99 Å². The van der Waals surface area contributed by atoms with Crippen LogP contribution in [0, 0.1) is 5.92 Å².